The molecule has 3 aromatic rings. The largest absolute Gasteiger partial charge is 0.461 e. The van der Waals surface area contributed by atoms with Gasteiger partial charge in [-0.2, -0.15) is 0 Å². The molecule has 2 aromatic carbocycles. The Hall–Kier alpha value is -2.54. The van der Waals surface area contributed by atoms with Crippen LogP contribution in [0.5, 0.6) is 0 Å². The Morgan fingerprint density at radius 1 is 1.04 bits per heavy atom. The summed E-state index contributed by atoms with van der Waals surface area (Å²) in [6, 6.07) is 15.8. The topological polar surface area (TPSA) is 65.2 Å². The van der Waals surface area contributed by atoms with E-state index in [1.807, 2.05) is 48.5 Å². The number of para-hydroxylation sites is 1. The highest BCUT2D eigenvalue weighted by atomic mass is 79.9. The number of hydrogen-bond acceptors (Lipinski definition) is 5. The van der Waals surface area contributed by atoms with E-state index in [1.54, 1.807) is 4.68 Å². The Balaban J connectivity index is 1.83. The van der Waals surface area contributed by atoms with Crippen molar-refractivity contribution in [1.29, 1.82) is 0 Å². The molecule has 0 N–H and O–H groups in total. The molecule has 1 aromatic heterocycles. The van der Waals surface area contributed by atoms with E-state index in [2.05, 4.69) is 52.2 Å². The number of tetrazole rings is 1. The van der Waals surface area contributed by atoms with E-state index < -0.39 is 6.10 Å². The molecule has 1 aliphatic rings. The van der Waals surface area contributed by atoms with Gasteiger partial charge in [-0.15, -0.1) is 5.10 Å². The molecule has 2 heterocycles. The van der Waals surface area contributed by atoms with E-state index in [9.17, 15) is 0 Å². The molecule has 6 nitrogen and oxygen atoms in total. The lowest BCUT2D eigenvalue weighted by Crippen LogP contribution is -2.29. The van der Waals surface area contributed by atoms with Crippen molar-refractivity contribution in [2.24, 2.45) is 4.99 Å². The smallest absolute Gasteiger partial charge is 0.222 e. The van der Waals surface area contributed by atoms with Crippen molar-refractivity contribution >= 4 is 27.5 Å². The quantitative estimate of drug-likeness (QED) is 0.626. The first kappa shape index (κ1) is 16.9. The molecular weight excluding hydrogens is 394 g/mol. The SMILES string of the molecule is CC(C)(C)n1nnnc1C1OC(c2ccc(Br)cc2)=Nc2ccccc21. The molecule has 0 bridgehead atoms. The van der Waals surface area contributed by atoms with E-state index >= 15 is 0 Å². The second-order valence-electron chi connectivity index (χ2n) is 7.10. The van der Waals surface area contributed by atoms with E-state index in [1.165, 1.54) is 0 Å². The minimum absolute atomic E-state index is 0.260. The van der Waals surface area contributed by atoms with Gasteiger partial charge in [0.1, 0.15) is 0 Å². The van der Waals surface area contributed by atoms with Crippen molar-refractivity contribution in [3.8, 4) is 0 Å². The third-order valence-electron chi connectivity index (χ3n) is 4.13. The number of aromatic nitrogens is 4. The summed E-state index contributed by atoms with van der Waals surface area (Å²) in [6.07, 6.45) is -0.420. The Labute approximate surface area is 160 Å². The molecule has 0 saturated heterocycles. The first-order valence-electron chi connectivity index (χ1n) is 8.32. The highest BCUT2D eigenvalue weighted by Crippen LogP contribution is 2.38. The van der Waals surface area contributed by atoms with Gasteiger partial charge in [-0.05, 0) is 61.5 Å². The van der Waals surface area contributed by atoms with Crippen molar-refractivity contribution in [1.82, 2.24) is 20.2 Å². The molecule has 0 fully saturated rings. The number of halogens is 1. The van der Waals surface area contributed by atoms with Crippen LogP contribution in [0.2, 0.25) is 0 Å². The van der Waals surface area contributed by atoms with Gasteiger partial charge >= 0.3 is 0 Å². The molecule has 26 heavy (non-hydrogen) atoms. The lowest BCUT2D eigenvalue weighted by molar-refractivity contribution is 0.197. The van der Waals surface area contributed by atoms with Gasteiger partial charge in [0, 0.05) is 15.6 Å². The Morgan fingerprint density at radius 3 is 2.50 bits per heavy atom. The Kier molecular flexibility index (Phi) is 4.11. The van der Waals surface area contributed by atoms with Gasteiger partial charge in [0.25, 0.3) is 0 Å². The fourth-order valence-corrected chi connectivity index (χ4v) is 3.14. The summed E-state index contributed by atoms with van der Waals surface area (Å²) in [5.74, 6) is 1.22. The second-order valence-corrected chi connectivity index (χ2v) is 8.02. The van der Waals surface area contributed by atoms with Crippen molar-refractivity contribution in [3.05, 3.63) is 70.0 Å². The van der Waals surface area contributed by atoms with Crippen LogP contribution in [0.25, 0.3) is 0 Å². The molecule has 1 aliphatic heterocycles. The fraction of sp³-hybridized carbons (Fsp3) is 0.263. The highest BCUT2D eigenvalue weighted by Gasteiger charge is 2.33. The summed E-state index contributed by atoms with van der Waals surface area (Å²) >= 11 is 3.46. The van der Waals surface area contributed by atoms with Crippen LogP contribution in [0.3, 0.4) is 0 Å². The number of hydrogen-bond donors (Lipinski definition) is 0. The van der Waals surface area contributed by atoms with Gasteiger partial charge in [0.05, 0.1) is 11.2 Å². The standard InChI is InChI=1S/C19H18BrN5O/c1-19(2,3)25-17(22-23-24-25)16-14-6-4-5-7-15(14)21-18(26-16)12-8-10-13(20)11-9-12/h4-11,16H,1-3H3. The van der Waals surface area contributed by atoms with Crippen LogP contribution < -0.4 is 0 Å². The number of aliphatic imine (C=N–C) groups is 1. The lowest BCUT2D eigenvalue weighted by atomic mass is 10.0. The summed E-state index contributed by atoms with van der Waals surface area (Å²) in [7, 11) is 0. The first-order chi connectivity index (χ1) is 12.4. The zero-order chi connectivity index (χ0) is 18.3. The Bertz CT molecular complexity index is 972. The maximum absolute atomic E-state index is 6.29. The third-order valence-corrected chi connectivity index (χ3v) is 4.65. The van der Waals surface area contributed by atoms with Gasteiger partial charge in [0.15, 0.2) is 11.9 Å². The molecule has 132 valence electrons. The summed E-state index contributed by atoms with van der Waals surface area (Å²) in [4.78, 5) is 4.70. The molecule has 0 aliphatic carbocycles. The number of ether oxygens (including phenoxy) is 1. The van der Waals surface area contributed by atoms with Crippen molar-refractivity contribution in [2.75, 3.05) is 0 Å². The molecule has 1 atom stereocenters. The summed E-state index contributed by atoms with van der Waals surface area (Å²) < 4.78 is 9.10. The lowest BCUT2D eigenvalue weighted by Gasteiger charge is -2.28. The third kappa shape index (κ3) is 3.03. The fourth-order valence-electron chi connectivity index (χ4n) is 2.87. The van der Waals surface area contributed by atoms with E-state index in [-0.39, 0.29) is 5.54 Å². The number of nitrogens with zero attached hydrogens (tertiary/aromatic N) is 5. The van der Waals surface area contributed by atoms with Gasteiger partial charge in [-0.3, -0.25) is 0 Å². The summed E-state index contributed by atoms with van der Waals surface area (Å²) in [5, 5.41) is 12.3. The average Bonchev–Trinajstić information content (AvgIpc) is 3.11. The van der Waals surface area contributed by atoms with Crippen LogP contribution in [0.1, 0.15) is 43.8 Å². The summed E-state index contributed by atoms with van der Waals surface area (Å²) in [6.45, 7) is 6.18. The molecule has 0 saturated carbocycles. The monoisotopic (exact) mass is 411 g/mol. The Morgan fingerprint density at radius 2 is 1.77 bits per heavy atom. The molecule has 1 unspecified atom stereocenters. The maximum Gasteiger partial charge on any atom is 0.222 e. The molecule has 0 spiro atoms. The number of rotatable bonds is 2. The highest BCUT2D eigenvalue weighted by molar-refractivity contribution is 9.10. The van der Waals surface area contributed by atoms with Crippen LogP contribution in [-0.2, 0) is 10.3 Å². The first-order valence-corrected chi connectivity index (χ1v) is 9.12. The van der Waals surface area contributed by atoms with Crippen molar-refractivity contribution in [2.45, 2.75) is 32.4 Å². The van der Waals surface area contributed by atoms with Gasteiger partial charge in [0.2, 0.25) is 5.90 Å². The molecule has 0 radical (unpaired) electrons. The second kappa shape index (κ2) is 6.32. The van der Waals surface area contributed by atoms with Gasteiger partial charge in [-0.1, -0.05) is 34.1 Å². The van der Waals surface area contributed by atoms with Gasteiger partial charge in [-0.25, -0.2) is 9.67 Å². The van der Waals surface area contributed by atoms with Crippen LogP contribution in [-0.4, -0.2) is 26.1 Å². The predicted octanol–water partition coefficient (Wildman–Crippen LogP) is 4.39. The number of fused-ring (bicyclic) bond motifs is 1. The normalized spacial score (nSPS) is 16.6. The van der Waals surface area contributed by atoms with E-state index in [4.69, 9.17) is 9.73 Å². The minimum atomic E-state index is -0.420. The van der Waals surface area contributed by atoms with Crippen LogP contribution in [0, 0.1) is 0 Å². The minimum Gasteiger partial charge on any atom is -0.461 e. The zero-order valence-corrected chi connectivity index (χ0v) is 16.3. The van der Waals surface area contributed by atoms with Crippen molar-refractivity contribution < 1.29 is 4.74 Å². The van der Waals surface area contributed by atoms with Gasteiger partial charge < -0.3 is 4.74 Å². The predicted molar refractivity (Wildman–Crippen MR) is 103 cm³/mol. The molecule has 0 amide bonds. The van der Waals surface area contributed by atoms with E-state index in [0.29, 0.717) is 11.7 Å². The van der Waals surface area contributed by atoms with Crippen LogP contribution in [0.4, 0.5) is 5.69 Å². The maximum atomic E-state index is 6.29. The number of benzene rings is 2. The zero-order valence-electron chi connectivity index (χ0n) is 14.7. The molecule has 4 rings (SSSR count). The summed E-state index contributed by atoms with van der Waals surface area (Å²) in [5.41, 5.74) is 2.46. The van der Waals surface area contributed by atoms with Crippen LogP contribution >= 0.6 is 15.9 Å². The average molecular weight is 412 g/mol. The van der Waals surface area contributed by atoms with Crippen LogP contribution in [0.15, 0.2) is 58.0 Å². The molecule has 7 heteroatoms. The molecular formula is C19H18BrN5O. The van der Waals surface area contributed by atoms with E-state index in [0.717, 1.165) is 21.3 Å². The van der Waals surface area contributed by atoms with Crippen molar-refractivity contribution in [3.63, 3.8) is 0 Å².